The molecule has 0 aliphatic heterocycles. The maximum atomic E-state index is 12.8. The van der Waals surface area contributed by atoms with E-state index in [0.717, 1.165) is 22.5 Å². The van der Waals surface area contributed by atoms with E-state index in [1.807, 2.05) is 60.7 Å². The molecule has 10 nitrogen and oxygen atoms in total. The number of amides is 2. The quantitative estimate of drug-likeness (QED) is 0.185. The van der Waals surface area contributed by atoms with Gasteiger partial charge in [0.05, 0.1) is 35.6 Å². The van der Waals surface area contributed by atoms with Gasteiger partial charge >= 0.3 is 0 Å². The van der Waals surface area contributed by atoms with Gasteiger partial charge in [0.15, 0.2) is 0 Å². The van der Waals surface area contributed by atoms with Crippen molar-refractivity contribution in [2.45, 2.75) is 26.7 Å². The van der Waals surface area contributed by atoms with Gasteiger partial charge in [-0.25, -0.2) is 9.36 Å². The van der Waals surface area contributed by atoms with Gasteiger partial charge in [0.1, 0.15) is 11.4 Å². The number of nitrogens with zero attached hydrogens (tertiary/aromatic N) is 4. The van der Waals surface area contributed by atoms with Crippen molar-refractivity contribution in [1.82, 2.24) is 18.7 Å². The van der Waals surface area contributed by atoms with E-state index in [1.54, 1.807) is 85.8 Å². The molecule has 0 bridgehead atoms. The maximum Gasteiger partial charge on any atom is 0.295 e. The molecular weight excluding hydrogens is 675 g/mol. The minimum Gasteiger partial charge on any atom is -0.320 e. The van der Waals surface area contributed by atoms with E-state index in [-0.39, 0.29) is 35.8 Å². The minimum absolute atomic E-state index is 0.177. The third-order valence-electron chi connectivity index (χ3n) is 8.19. The first kappa shape index (κ1) is 35.7. The maximum absolute atomic E-state index is 12.8. The van der Waals surface area contributed by atoms with Gasteiger partial charge in [-0.1, -0.05) is 83.9 Å². The van der Waals surface area contributed by atoms with Gasteiger partial charge in [0, 0.05) is 24.1 Å². The number of aromatic nitrogens is 4. The van der Waals surface area contributed by atoms with Gasteiger partial charge in [-0.2, -0.15) is 0 Å². The fourth-order valence-electron chi connectivity index (χ4n) is 5.37. The van der Waals surface area contributed by atoms with Gasteiger partial charge in [0.2, 0.25) is 11.8 Å². The molecule has 50 heavy (non-hydrogen) atoms. The highest BCUT2D eigenvalue weighted by Gasteiger charge is 2.19. The van der Waals surface area contributed by atoms with Crippen LogP contribution in [0.4, 0.5) is 11.4 Å². The van der Waals surface area contributed by atoms with Crippen molar-refractivity contribution in [3.63, 3.8) is 0 Å². The predicted octanol–water partition coefficient (Wildman–Crippen LogP) is 6.64. The Labute approximate surface area is 299 Å². The third kappa shape index (κ3) is 8.16. The number of carbonyl (C=O) groups is 2. The van der Waals surface area contributed by atoms with Gasteiger partial charge in [-0.15, -0.1) is 0 Å². The first-order chi connectivity index (χ1) is 23.9. The van der Waals surface area contributed by atoms with Crippen LogP contribution in [0.3, 0.4) is 0 Å². The highest BCUT2D eigenvalue weighted by molar-refractivity contribution is 6.30. The zero-order valence-corrected chi connectivity index (χ0v) is 29.5. The monoisotopic (exact) mass is 710 g/mol. The summed E-state index contributed by atoms with van der Waals surface area (Å²) in [5.74, 6) is -0.485. The van der Waals surface area contributed by atoms with E-state index in [9.17, 15) is 19.2 Å². The van der Waals surface area contributed by atoms with Gasteiger partial charge in [-0.05, 0) is 73.5 Å². The van der Waals surface area contributed by atoms with E-state index in [0.29, 0.717) is 32.8 Å². The van der Waals surface area contributed by atoms with Gasteiger partial charge in [-0.3, -0.25) is 28.5 Å². The van der Waals surface area contributed by atoms with Crippen LogP contribution in [0.5, 0.6) is 0 Å². The molecule has 0 atom stereocenters. The van der Waals surface area contributed by atoms with Crippen molar-refractivity contribution >= 4 is 46.4 Å². The molecule has 256 valence electrons. The highest BCUT2D eigenvalue weighted by Crippen LogP contribution is 2.17. The van der Waals surface area contributed by atoms with Crippen LogP contribution in [0.15, 0.2) is 119 Å². The molecule has 2 aromatic heterocycles. The number of anilines is 2. The molecule has 0 unspecified atom stereocenters. The lowest BCUT2D eigenvalue weighted by Gasteiger charge is -2.07. The zero-order chi connectivity index (χ0) is 35.9. The molecule has 0 saturated heterocycles. The lowest BCUT2D eigenvalue weighted by Crippen LogP contribution is -2.23. The Hall–Kier alpha value is -5.58. The van der Waals surface area contributed by atoms with Crippen LogP contribution in [0.25, 0.3) is 11.4 Å². The number of hydrogen-bond acceptors (Lipinski definition) is 4. The summed E-state index contributed by atoms with van der Waals surface area (Å²) in [5, 5.41) is 6.73. The van der Waals surface area contributed by atoms with E-state index < -0.39 is 0 Å². The summed E-state index contributed by atoms with van der Waals surface area (Å²) in [5.41, 5.74) is 4.63. The number of benzene rings is 4. The molecule has 12 heteroatoms. The van der Waals surface area contributed by atoms with Crippen molar-refractivity contribution in [2.75, 3.05) is 10.6 Å². The van der Waals surface area contributed by atoms with Crippen LogP contribution in [0.1, 0.15) is 22.5 Å². The van der Waals surface area contributed by atoms with Crippen molar-refractivity contribution in [3.8, 4) is 11.4 Å². The normalized spacial score (nSPS) is 10.7. The summed E-state index contributed by atoms with van der Waals surface area (Å²) in [6, 6.07) is 32.7. The number of carbonyl (C=O) groups excluding carboxylic acids is 2. The standard InChI is InChI=1S/2C19H18ClN3O2/c2*1-13-18(21-17(24)12-14-8-10-15(20)11-9-14)19(25)23(22(13)2)16-6-4-3-5-7-16/h2*3-11H,12H2,1-2H3,(H,21,24). The fourth-order valence-corrected chi connectivity index (χ4v) is 5.62. The van der Waals surface area contributed by atoms with Gasteiger partial charge in [0.25, 0.3) is 11.1 Å². The zero-order valence-electron chi connectivity index (χ0n) is 28.0. The van der Waals surface area contributed by atoms with E-state index in [1.165, 1.54) is 9.36 Å². The summed E-state index contributed by atoms with van der Waals surface area (Å²) >= 11 is 11.7. The molecule has 2 amide bonds. The molecule has 0 saturated carbocycles. The number of rotatable bonds is 8. The minimum atomic E-state index is -0.254. The predicted molar refractivity (Wildman–Crippen MR) is 199 cm³/mol. The third-order valence-corrected chi connectivity index (χ3v) is 8.70. The fraction of sp³-hybridized carbons (Fsp3) is 0.158. The smallest absolute Gasteiger partial charge is 0.295 e. The molecule has 0 aliphatic carbocycles. The van der Waals surface area contributed by atoms with E-state index >= 15 is 0 Å². The summed E-state index contributed by atoms with van der Waals surface area (Å²) < 4.78 is 6.53. The highest BCUT2D eigenvalue weighted by atomic mass is 35.5. The number of para-hydroxylation sites is 2. The Morgan fingerprint density at radius 1 is 0.540 bits per heavy atom. The van der Waals surface area contributed by atoms with E-state index in [2.05, 4.69) is 10.6 Å². The molecule has 2 heterocycles. The first-order valence-corrected chi connectivity index (χ1v) is 16.5. The molecule has 2 N–H and O–H groups in total. The van der Waals surface area contributed by atoms with Crippen LogP contribution >= 0.6 is 23.2 Å². The molecule has 0 aliphatic rings. The summed E-state index contributed by atoms with van der Waals surface area (Å²) in [6.45, 7) is 3.61. The Kier molecular flexibility index (Phi) is 11.3. The summed E-state index contributed by atoms with van der Waals surface area (Å²) in [4.78, 5) is 50.2. The van der Waals surface area contributed by atoms with E-state index in [4.69, 9.17) is 23.2 Å². The summed E-state index contributed by atoms with van der Waals surface area (Å²) in [7, 11) is 3.58. The molecule has 0 fully saturated rings. The van der Waals surface area contributed by atoms with Crippen LogP contribution in [-0.4, -0.2) is 30.5 Å². The topological polar surface area (TPSA) is 112 Å². The first-order valence-electron chi connectivity index (χ1n) is 15.7. The molecule has 6 aromatic rings. The largest absolute Gasteiger partial charge is 0.320 e. The Morgan fingerprint density at radius 3 is 1.18 bits per heavy atom. The average Bonchev–Trinajstić information content (AvgIpc) is 3.45. The van der Waals surface area contributed by atoms with Crippen LogP contribution in [-0.2, 0) is 36.5 Å². The Balaban J connectivity index is 0.000000194. The van der Waals surface area contributed by atoms with Crippen molar-refractivity contribution in [2.24, 2.45) is 14.1 Å². The average molecular weight is 712 g/mol. The number of nitrogens with one attached hydrogen (secondary N) is 2. The number of halogens is 2. The van der Waals surface area contributed by atoms with Crippen molar-refractivity contribution < 1.29 is 9.59 Å². The van der Waals surface area contributed by atoms with Crippen LogP contribution < -0.4 is 21.8 Å². The van der Waals surface area contributed by atoms with Gasteiger partial charge < -0.3 is 10.6 Å². The van der Waals surface area contributed by atoms with Crippen molar-refractivity contribution in [3.05, 3.63) is 162 Å². The molecule has 4 aromatic carbocycles. The second-order valence-corrected chi connectivity index (χ2v) is 12.4. The lowest BCUT2D eigenvalue weighted by atomic mass is 10.1. The molecule has 0 spiro atoms. The van der Waals surface area contributed by atoms with Crippen LogP contribution in [0.2, 0.25) is 10.0 Å². The SMILES string of the molecule is Cc1c(NC(=O)Cc2ccc(Cl)cc2)c(=O)n(-c2ccccc2)n1C.Cc1c(NC(=O)Cc2ccc(Cl)cc2)c(=O)n(-c2ccccc2)n1C. The Morgan fingerprint density at radius 2 is 0.860 bits per heavy atom. The Bertz CT molecular complexity index is 2070. The molecule has 6 rings (SSSR count). The van der Waals surface area contributed by atoms with Crippen LogP contribution in [0, 0.1) is 13.8 Å². The second kappa shape index (κ2) is 15.8. The number of hydrogen-bond donors (Lipinski definition) is 2. The summed E-state index contributed by atoms with van der Waals surface area (Å²) in [6.07, 6.45) is 0.354. The lowest BCUT2D eigenvalue weighted by molar-refractivity contribution is -0.116. The van der Waals surface area contributed by atoms with Crippen molar-refractivity contribution in [1.29, 1.82) is 0 Å². The molecular formula is C38H36Cl2N6O4. The second-order valence-electron chi connectivity index (χ2n) is 11.6. The molecule has 0 radical (unpaired) electrons.